The summed E-state index contributed by atoms with van der Waals surface area (Å²) >= 11 is 7.36. The van der Waals surface area contributed by atoms with Crippen LogP contribution in [0.1, 0.15) is 12.5 Å². The van der Waals surface area contributed by atoms with Crippen molar-refractivity contribution in [1.29, 1.82) is 0 Å². The normalized spacial score (nSPS) is 10.6. The van der Waals surface area contributed by atoms with Gasteiger partial charge in [-0.15, -0.1) is 22.9 Å². The molecule has 0 aliphatic heterocycles. The number of aromatic nitrogens is 1. The van der Waals surface area contributed by atoms with Gasteiger partial charge in [0.1, 0.15) is 0 Å². The van der Waals surface area contributed by atoms with Crippen molar-refractivity contribution in [1.82, 2.24) is 4.57 Å². The molecule has 4 heteroatoms. The number of pyridine rings is 1. The Labute approximate surface area is 103 Å². The molecule has 0 atom stereocenters. The number of thiophene rings is 1. The molecule has 0 aromatic carbocycles. The first kappa shape index (κ1) is 11.4. The number of hydrogen-bond donors (Lipinski definition) is 0. The van der Waals surface area contributed by atoms with E-state index in [1.165, 1.54) is 0 Å². The van der Waals surface area contributed by atoms with E-state index in [4.69, 9.17) is 11.6 Å². The van der Waals surface area contributed by atoms with Crippen molar-refractivity contribution in [3.05, 3.63) is 45.6 Å². The highest BCUT2D eigenvalue weighted by molar-refractivity contribution is 7.13. The zero-order valence-electron chi connectivity index (χ0n) is 8.94. The average molecular weight is 254 g/mol. The number of nitrogens with zero attached hydrogens (tertiary/aromatic N) is 1. The highest BCUT2D eigenvalue weighted by Crippen LogP contribution is 2.23. The molecule has 0 spiro atoms. The highest BCUT2D eigenvalue weighted by atomic mass is 35.5. The Morgan fingerprint density at radius 2 is 2.19 bits per heavy atom. The molecule has 0 unspecified atom stereocenters. The minimum Gasteiger partial charge on any atom is -0.307 e. The molecule has 0 aliphatic rings. The molecule has 2 aromatic rings. The maximum atomic E-state index is 12.0. The van der Waals surface area contributed by atoms with Crippen LogP contribution in [0.4, 0.5) is 0 Å². The molecule has 0 N–H and O–H groups in total. The molecule has 0 amide bonds. The van der Waals surface area contributed by atoms with Crippen LogP contribution < -0.4 is 5.56 Å². The second-order valence-corrected chi connectivity index (χ2v) is 4.62. The van der Waals surface area contributed by atoms with Gasteiger partial charge in [-0.2, -0.15) is 0 Å². The molecule has 2 nitrogen and oxygen atoms in total. The van der Waals surface area contributed by atoms with Gasteiger partial charge in [0.2, 0.25) is 0 Å². The zero-order valence-corrected chi connectivity index (χ0v) is 10.5. The molecular formula is C12H12ClNOS. The molecule has 0 saturated heterocycles. The smallest absolute Gasteiger partial charge is 0.255 e. The van der Waals surface area contributed by atoms with Gasteiger partial charge >= 0.3 is 0 Å². The molecule has 0 radical (unpaired) electrons. The summed E-state index contributed by atoms with van der Waals surface area (Å²) in [5, 5.41) is 2.01. The van der Waals surface area contributed by atoms with Gasteiger partial charge in [-0.1, -0.05) is 12.1 Å². The molecule has 84 valence electrons. The van der Waals surface area contributed by atoms with E-state index < -0.39 is 0 Å². The van der Waals surface area contributed by atoms with Gasteiger partial charge in [0.05, 0.1) is 16.5 Å². The van der Waals surface area contributed by atoms with Crippen LogP contribution in [0.25, 0.3) is 10.6 Å². The van der Waals surface area contributed by atoms with E-state index in [2.05, 4.69) is 0 Å². The number of alkyl halides is 1. The monoisotopic (exact) mass is 253 g/mol. The second-order valence-electron chi connectivity index (χ2n) is 3.40. The van der Waals surface area contributed by atoms with Crippen molar-refractivity contribution in [3.63, 3.8) is 0 Å². The van der Waals surface area contributed by atoms with E-state index in [1.807, 2.05) is 36.6 Å². The molecular weight excluding hydrogens is 242 g/mol. The molecule has 0 saturated carbocycles. The summed E-state index contributed by atoms with van der Waals surface area (Å²) in [6.45, 7) is 2.63. The minimum atomic E-state index is 0.0170. The van der Waals surface area contributed by atoms with Crippen molar-refractivity contribution in [2.45, 2.75) is 19.3 Å². The van der Waals surface area contributed by atoms with Crippen LogP contribution in [0.2, 0.25) is 0 Å². The van der Waals surface area contributed by atoms with Gasteiger partial charge in [-0.25, -0.2) is 0 Å². The van der Waals surface area contributed by atoms with E-state index in [0.29, 0.717) is 12.1 Å². The fourth-order valence-corrected chi connectivity index (χ4v) is 2.64. The lowest BCUT2D eigenvalue weighted by molar-refractivity contribution is 0.730. The number of rotatable bonds is 3. The fraction of sp³-hybridized carbons (Fsp3) is 0.250. The van der Waals surface area contributed by atoms with Gasteiger partial charge in [0.15, 0.2) is 0 Å². The maximum Gasteiger partial charge on any atom is 0.255 e. The Morgan fingerprint density at radius 3 is 2.75 bits per heavy atom. The Morgan fingerprint density at radius 1 is 1.38 bits per heavy atom. The van der Waals surface area contributed by atoms with Crippen molar-refractivity contribution in [2.75, 3.05) is 0 Å². The van der Waals surface area contributed by atoms with E-state index in [-0.39, 0.29) is 11.4 Å². The summed E-state index contributed by atoms with van der Waals surface area (Å²) in [4.78, 5) is 13.1. The summed E-state index contributed by atoms with van der Waals surface area (Å²) in [5.41, 5.74) is 1.64. The topological polar surface area (TPSA) is 22.0 Å². The fourth-order valence-electron chi connectivity index (χ4n) is 1.68. The number of halogens is 1. The predicted molar refractivity (Wildman–Crippen MR) is 69.2 cm³/mol. The average Bonchev–Trinajstić information content (AvgIpc) is 2.82. The van der Waals surface area contributed by atoms with E-state index in [1.54, 1.807) is 15.9 Å². The minimum absolute atomic E-state index is 0.0170. The SMILES string of the molecule is CCn1c(-c2cccs2)ccc(CCl)c1=O. The molecule has 0 bridgehead atoms. The zero-order chi connectivity index (χ0) is 11.5. The quantitative estimate of drug-likeness (QED) is 0.769. The predicted octanol–water partition coefficient (Wildman–Crippen LogP) is 3.34. The lowest BCUT2D eigenvalue weighted by atomic mass is 10.2. The summed E-state index contributed by atoms with van der Waals surface area (Å²) in [5.74, 6) is 0.267. The lowest BCUT2D eigenvalue weighted by Gasteiger charge is -2.10. The second kappa shape index (κ2) is 4.85. The van der Waals surface area contributed by atoms with Gasteiger partial charge in [0, 0.05) is 12.1 Å². The van der Waals surface area contributed by atoms with Gasteiger partial charge in [0.25, 0.3) is 5.56 Å². The Balaban J connectivity index is 2.64. The van der Waals surface area contributed by atoms with Crippen LogP contribution in [0.15, 0.2) is 34.4 Å². The third kappa shape index (κ3) is 1.93. The first-order valence-electron chi connectivity index (χ1n) is 5.10. The van der Waals surface area contributed by atoms with E-state index in [9.17, 15) is 4.79 Å². The van der Waals surface area contributed by atoms with Crippen molar-refractivity contribution < 1.29 is 0 Å². The Hall–Kier alpha value is -1.06. The van der Waals surface area contributed by atoms with Crippen LogP contribution in [0, 0.1) is 0 Å². The van der Waals surface area contributed by atoms with Crippen LogP contribution in [-0.4, -0.2) is 4.57 Å². The first-order valence-corrected chi connectivity index (χ1v) is 6.52. The molecule has 2 heterocycles. The van der Waals surface area contributed by atoms with E-state index in [0.717, 1.165) is 10.6 Å². The van der Waals surface area contributed by atoms with Crippen LogP contribution >= 0.6 is 22.9 Å². The summed E-state index contributed by atoms with van der Waals surface area (Å²) < 4.78 is 1.77. The lowest BCUT2D eigenvalue weighted by Crippen LogP contribution is -2.23. The molecule has 2 aromatic heterocycles. The molecule has 0 fully saturated rings. The largest absolute Gasteiger partial charge is 0.307 e. The van der Waals surface area contributed by atoms with Crippen molar-refractivity contribution in [3.8, 4) is 10.6 Å². The Kier molecular flexibility index (Phi) is 3.46. The van der Waals surface area contributed by atoms with Gasteiger partial charge < -0.3 is 4.57 Å². The summed E-state index contributed by atoms with van der Waals surface area (Å²) in [6.07, 6.45) is 0. The number of hydrogen-bond acceptors (Lipinski definition) is 2. The van der Waals surface area contributed by atoms with Gasteiger partial charge in [-0.05, 0) is 24.4 Å². The highest BCUT2D eigenvalue weighted by Gasteiger charge is 2.08. The van der Waals surface area contributed by atoms with Crippen molar-refractivity contribution >= 4 is 22.9 Å². The first-order chi connectivity index (χ1) is 7.77. The molecule has 16 heavy (non-hydrogen) atoms. The summed E-state index contributed by atoms with van der Waals surface area (Å²) in [6, 6.07) is 7.79. The standard InChI is InChI=1S/C12H12ClNOS/c1-2-14-10(11-4-3-7-16-11)6-5-9(8-13)12(14)15/h3-7H,2,8H2,1H3. The summed E-state index contributed by atoms with van der Waals surface area (Å²) in [7, 11) is 0. The van der Waals surface area contributed by atoms with Crippen molar-refractivity contribution in [2.24, 2.45) is 0 Å². The third-order valence-corrected chi connectivity index (χ3v) is 3.67. The van der Waals surface area contributed by atoms with Crippen LogP contribution in [0.3, 0.4) is 0 Å². The van der Waals surface area contributed by atoms with Crippen LogP contribution in [-0.2, 0) is 12.4 Å². The maximum absolute atomic E-state index is 12.0. The Bertz CT molecular complexity index is 530. The molecule has 2 rings (SSSR count). The third-order valence-electron chi connectivity index (χ3n) is 2.49. The van der Waals surface area contributed by atoms with E-state index >= 15 is 0 Å². The molecule has 0 aliphatic carbocycles. The van der Waals surface area contributed by atoms with Gasteiger partial charge in [-0.3, -0.25) is 4.79 Å². The van der Waals surface area contributed by atoms with Crippen LogP contribution in [0.5, 0.6) is 0 Å².